The van der Waals surface area contributed by atoms with Crippen molar-refractivity contribution in [2.75, 3.05) is 5.32 Å². The number of anilines is 1. The number of amides is 1. The zero-order valence-electron chi connectivity index (χ0n) is 13.8. The van der Waals surface area contributed by atoms with E-state index in [1.165, 1.54) is 6.42 Å². The van der Waals surface area contributed by atoms with Gasteiger partial charge in [0.15, 0.2) is 0 Å². The van der Waals surface area contributed by atoms with Crippen LogP contribution in [0.1, 0.15) is 43.4 Å². The molecule has 5 nitrogen and oxygen atoms in total. The van der Waals surface area contributed by atoms with E-state index in [2.05, 4.69) is 10.4 Å². The van der Waals surface area contributed by atoms with Crippen molar-refractivity contribution in [1.82, 2.24) is 9.78 Å². The van der Waals surface area contributed by atoms with Crippen LogP contribution in [0.3, 0.4) is 0 Å². The molecule has 2 aromatic rings. The summed E-state index contributed by atoms with van der Waals surface area (Å²) in [6.07, 6.45) is 5.29. The molecule has 1 aliphatic carbocycles. The lowest BCUT2D eigenvalue weighted by atomic mass is 9.88. The number of fused-ring (bicyclic) bond motifs is 1. The fourth-order valence-electron chi connectivity index (χ4n) is 3.63. The molecule has 0 unspecified atom stereocenters. The van der Waals surface area contributed by atoms with Crippen LogP contribution in [0, 0.1) is 5.92 Å². The minimum atomic E-state index is -0.940. The number of benzene rings is 1. The van der Waals surface area contributed by atoms with Gasteiger partial charge < -0.3 is 5.32 Å². The Morgan fingerprint density at radius 3 is 2.80 bits per heavy atom. The highest BCUT2D eigenvalue weighted by molar-refractivity contribution is 7.83. The first kappa shape index (κ1) is 16.8. The SMILES string of the molecule is O=C(Nc1c2c(nn1-c1cccc(Cl)c1)C[S@@](=O)C2)C1CCCCC1. The third-order valence-electron chi connectivity index (χ3n) is 4.94. The van der Waals surface area contributed by atoms with Crippen LogP contribution in [0.15, 0.2) is 24.3 Å². The molecule has 0 spiro atoms. The molecule has 0 bridgehead atoms. The highest BCUT2D eigenvalue weighted by Gasteiger charge is 2.30. The Labute approximate surface area is 154 Å². The maximum absolute atomic E-state index is 12.7. The molecule has 0 radical (unpaired) electrons. The molecule has 1 atom stereocenters. The molecule has 1 N–H and O–H groups in total. The second kappa shape index (κ2) is 6.92. The van der Waals surface area contributed by atoms with Gasteiger partial charge in [-0.05, 0) is 31.0 Å². The minimum Gasteiger partial charge on any atom is -0.310 e. The number of nitrogens with one attached hydrogen (secondary N) is 1. The first-order valence-corrected chi connectivity index (χ1v) is 10.5. The number of halogens is 1. The highest BCUT2D eigenvalue weighted by atomic mass is 35.5. The van der Waals surface area contributed by atoms with Crippen LogP contribution in [-0.4, -0.2) is 19.9 Å². The average Bonchev–Trinajstić information content (AvgIpc) is 3.13. The number of rotatable bonds is 3. The van der Waals surface area contributed by atoms with E-state index in [9.17, 15) is 9.00 Å². The van der Waals surface area contributed by atoms with Crippen LogP contribution in [-0.2, 0) is 27.1 Å². The van der Waals surface area contributed by atoms with Gasteiger partial charge in [-0.3, -0.25) is 9.00 Å². The average molecular weight is 378 g/mol. The van der Waals surface area contributed by atoms with Crippen LogP contribution in [0.25, 0.3) is 5.69 Å². The summed E-state index contributed by atoms with van der Waals surface area (Å²) in [6, 6.07) is 7.38. The molecule has 1 amide bonds. The third kappa shape index (κ3) is 3.37. The smallest absolute Gasteiger partial charge is 0.228 e. The monoisotopic (exact) mass is 377 g/mol. The first-order chi connectivity index (χ1) is 12.1. The van der Waals surface area contributed by atoms with Gasteiger partial charge in [-0.25, -0.2) is 4.68 Å². The van der Waals surface area contributed by atoms with Gasteiger partial charge in [0.05, 0.1) is 22.9 Å². The van der Waals surface area contributed by atoms with E-state index in [0.29, 0.717) is 22.3 Å². The largest absolute Gasteiger partial charge is 0.310 e. The van der Waals surface area contributed by atoms with Crippen LogP contribution < -0.4 is 5.32 Å². The molecule has 1 saturated carbocycles. The van der Waals surface area contributed by atoms with Crippen molar-refractivity contribution < 1.29 is 9.00 Å². The number of nitrogens with zero attached hydrogens (tertiary/aromatic N) is 2. The molecule has 1 aromatic carbocycles. The Morgan fingerprint density at radius 2 is 2.04 bits per heavy atom. The third-order valence-corrected chi connectivity index (χ3v) is 6.38. The maximum Gasteiger partial charge on any atom is 0.228 e. The Morgan fingerprint density at radius 1 is 1.24 bits per heavy atom. The zero-order chi connectivity index (χ0) is 17.4. The summed E-state index contributed by atoms with van der Waals surface area (Å²) < 4.78 is 13.7. The Bertz CT molecular complexity index is 843. The Balaban J connectivity index is 1.69. The van der Waals surface area contributed by atoms with Crippen molar-refractivity contribution in [1.29, 1.82) is 0 Å². The molecular weight excluding hydrogens is 358 g/mol. The van der Waals surface area contributed by atoms with Crippen molar-refractivity contribution in [2.45, 2.75) is 43.6 Å². The van der Waals surface area contributed by atoms with Gasteiger partial charge in [0.2, 0.25) is 5.91 Å². The normalized spacial score (nSPS) is 20.4. The predicted molar refractivity (Wildman–Crippen MR) is 99.3 cm³/mol. The summed E-state index contributed by atoms with van der Waals surface area (Å²) in [5.74, 6) is 1.63. The molecular formula is C18H20ClN3O2S. The van der Waals surface area contributed by atoms with Gasteiger partial charge in [0, 0.05) is 27.3 Å². The quantitative estimate of drug-likeness (QED) is 0.884. The molecule has 1 aromatic heterocycles. The van der Waals surface area contributed by atoms with E-state index in [-0.39, 0.29) is 11.8 Å². The van der Waals surface area contributed by atoms with E-state index in [0.717, 1.165) is 42.6 Å². The van der Waals surface area contributed by atoms with Crippen molar-refractivity contribution >= 4 is 34.1 Å². The summed E-state index contributed by atoms with van der Waals surface area (Å²) in [5.41, 5.74) is 2.49. The molecule has 25 heavy (non-hydrogen) atoms. The lowest BCUT2D eigenvalue weighted by Crippen LogP contribution is -2.26. The van der Waals surface area contributed by atoms with Crippen LogP contribution in [0.5, 0.6) is 0 Å². The van der Waals surface area contributed by atoms with Crippen LogP contribution in [0.4, 0.5) is 5.82 Å². The van der Waals surface area contributed by atoms with Crippen molar-refractivity contribution in [2.24, 2.45) is 5.92 Å². The second-order valence-electron chi connectivity index (χ2n) is 6.72. The lowest BCUT2D eigenvalue weighted by Gasteiger charge is -2.21. The summed E-state index contributed by atoms with van der Waals surface area (Å²) >= 11 is 6.12. The Hall–Kier alpha value is -1.66. The van der Waals surface area contributed by atoms with E-state index in [4.69, 9.17) is 11.6 Å². The molecule has 132 valence electrons. The van der Waals surface area contributed by atoms with Gasteiger partial charge in [0.1, 0.15) is 5.82 Å². The summed E-state index contributed by atoms with van der Waals surface area (Å²) in [7, 11) is -0.940. The van der Waals surface area contributed by atoms with Crippen molar-refractivity contribution in [3.8, 4) is 5.69 Å². The molecule has 2 heterocycles. The predicted octanol–water partition coefficient (Wildman–Crippen LogP) is 3.81. The minimum absolute atomic E-state index is 0.0448. The fraction of sp³-hybridized carbons (Fsp3) is 0.444. The summed E-state index contributed by atoms with van der Waals surface area (Å²) in [5, 5.41) is 8.30. The van der Waals surface area contributed by atoms with Gasteiger partial charge in [-0.1, -0.05) is 36.9 Å². The summed E-state index contributed by atoms with van der Waals surface area (Å²) in [6.45, 7) is 0. The number of carbonyl (C=O) groups is 1. The molecule has 4 rings (SSSR count). The molecule has 7 heteroatoms. The summed E-state index contributed by atoms with van der Waals surface area (Å²) in [4.78, 5) is 12.7. The van der Waals surface area contributed by atoms with Gasteiger partial charge in [-0.2, -0.15) is 5.10 Å². The highest BCUT2D eigenvalue weighted by Crippen LogP contribution is 2.33. The van der Waals surface area contributed by atoms with Gasteiger partial charge >= 0.3 is 0 Å². The molecule has 0 saturated heterocycles. The number of aromatic nitrogens is 2. The topological polar surface area (TPSA) is 64.0 Å². The van der Waals surface area contributed by atoms with Crippen LogP contribution in [0.2, 0.25) is 5.02 Å². The second-order valence-corrected chi connectivity index (χ2v) is 8.61. The van der Waals surface area contributed by atoms with Gasteiger partial charge in [0.25, 0.3) is 0 Å². The maximum atomic E-state index is 12.7. The van der Waals surface area contributed by atoms with Crippen LogP contribution >= 0.6 is 11.6 Å². The van der Waals surface area contributed by atoms with Crippen molar-refractivity contribution in [3.05, 3.63) is 40.5 Å². The van der Waals surface area contributed by atoms with E-state index in [1.807, 2.05) is 18.2 Å². The standard InChI is InChI=1S/C18H20ClN3O2S/c19-13-7-4-8-14(9-13)22-17(15-10-25(24)11-16(15)21-22)20-18(23)12-5-2-1-3-6-12/h4,7-9,12H,1-3,5-6,10-11H2,(H,20,23)/t25-/m0/s1. The fourth-order valence-corrected chi connectivity index (χ4v) is 5.08. The molecule has 1 fully saturated rings. The van der Waals surface area contributed by atoms with E-state index < -0.39 is 10.8 Å². The zero-order valence-corrected chi connectivity index (χ0v) is 15.4. The number of carbonyl (C=O) groups excluding carboxylic acids is 1. The van der Waals surface area contributed by atoms with Gasteiger partial charge in [-0.15, -0.1) is 0 Å². The molecule has 2 aliphatic rings. The number of hydrogen-bond donors (Lipinski definition) is 1. The van der Waals surface area contributed by atoms with E-state index >= 15 is 0 Å². The van der Waals surface area contributed by atoms with E-state index in [1.54, 1.807) is 10.7 Å². The first-order valence-electron chi connectivity index (χ1n) is 8.64. The number of hydrogen-bond acceptors (Lipinski definition) is 3. The molecule has 1 aliphatic heterocycles. The Kier molecular flexibility index (Phi) is 4.65. The lowest BCUT2D eigenvalue weighted by molar-refractivity contribution is -0.120. The van der Waals surface area contributed by atoms with Crippen molar-refractivity contribution in [3.63, 3.8) is 0 Å².